The van der Waals surface area contributed by atoms with Gasteiger partial charge in [-0.25, -0.2) is 14.6 Å². The maximum atomic E-state index is 13.2. The first-order valence-electron chi connectivity index (χ1n) is 11.1. The number of nitrogens with one attached hydrogen (secondary N) is 2. The topological polar surface area (TPSA) is 107 Å². The number of hydrogen-bond donors (Lipinski definition) is 2. The van der Waals surface area contributed by atoms with Gasteiger partial charge in [-0.15, -0.1) is 0 Å². The van der Waals surface area contributed by atoms with Crippen LogP contribution in [-0.4, -0.2) is 51.2 Å². The second-order valence-electron chi connectivity index (χ2n) is 8.49. The highest BCUT2D eigenvalue weighted by molar-refractivity contribution is 6.30. The number of H-pyrrole nitrogens is 1. The van der Waals surface area contributed by atoms with Crippen molar-refractivity contribution in [2.24, 2.45) is 0 Å². The highest BCUT2D eigenvalue weighted by Crippen LogP contribution is 2.32. The van der Waals surface area contributed by atoms with Crippen LogP contribution in [0.1, 0.15) is 31.4 Å². The Bertz CT molecular complexity index is 1190. The Balaban J connectivity index is 1.24. The predicted molar refractivity (Wildman–Crippen MR) is 124 cm³/mol. The monoisotopic (exact) mass is 468 g/mol. The number of piperidine rings is 1. The highest BCUT2D eigenvalue weighted by atomic mass is 35.5. The minimum absolute atomic E-state index is 0.0715. The van der Waals surface area contributed by atoms with E-state index >= 15 is 0 Å². The van der Waals surface area contributed by atoms with Gasteiger partial charge in [0.05, 0.1) is 12.6 Å². The van der Waals surface area contributed by atoms with Gasteiger partial charge >= 0.3 is 11.7 Å². The average molecular weight is 469 g/mol. The number of rotatable bonds is 6. The molecule has 3 aromatic rings. The summed E-state index contributed by atoms with van der Waals surface area (Å²) >= 11 is 6.06. The minimum atomic E-state index is -0.365. The van der Waals surface area contributed by atoms with Crippen LogP contribution in [0.3, 0.4) is 0 Å². The molecule has 0 bridgehead atoms. The zero-order valence-corrected chi connectivity index (χ0v) is 18.8. The van der Waals surface area contributed by atoms with Crippen LogP contribution < -0.4 is 15.9 Å². The van der Waals surface area contributed by atoms with Gasteiger partial charge in [-0.1, -0.05) is 28.9 Å². The molecule has 3 heterocycles. The van der Waals surface area contributed by atoms with Crippen LogP contribution in [0.5, 0.6) is 0 Å². The summed E-state index contributed by atoms with van der Waals surface area (Å²) in [5, 5.41) is 7.72. The summed E-state index contributed by atoms with van der Waals surface area (Å²) in [6, 6.07) is 11.2. The van der Waals surface area contributed by atoms with E-state index in [0.717, 1.165) is 43.6 Å². The van der Waals surface area contributed by atoms with Crippen molar-refractivity contribution in [1.29, 1.82) is 0 Å². The van der Waals surface area contributed by atoms with Gasteiger partial charge in [0, 0.05) is 42.0 Å². The molecule has 9 nitrogen and oxygen atoms in total. The number of halogens is 1. The van der Waals surface area contributed by atoms with E-state index < -0.39 is 0 Å². The molecule has 172 valence electrons. The number of aromatic nitrogens is 3. The quantitative estimate of drug-likeness (QED) is 0.574. The lowest BCUT2D eigenvalue weighted by Crippen LogP contribution is -2.54. The van der Waals surface area contributed by atoms with E-state index in [1.54, 1.807) is 12.1 Å². The van der Waals surface area contributed by atoms with E-state index in [4.69, 9.17) is 16.1 Å². The molecule has 2 fully saturated rings. The molecular formula is C23H25ClN6O3. The maximum Gasteiger partial charge on any atom is 0.346 e. The Kier molecular flexibility index (Phi) is 6.04. The average Bonchev–Trinajstić information content (AvgIpc) is 3.53. The fraction of sp³-hybridized carbons (Fsp3) is 0.391. The van der Waals surface area contributed by atoms with E-state index in [-0.39, 0.29) is 30.3 Å². The molecule has 2 aromatic heterocycles. The third kappa shape index (κ3) is 5.03. The van der Waals surface area contributed by atoms with E-state index in [9.17, 15) is 9.59 Å². The summed E-state index contributed by atoms with van der Waals surface area (Å²) in [4.78, 5) is 35.4. The summed E-state index contributed by atoms with van der Waals surface area (Å²) < 4.78 is 5.43. The van der Waals surface area contributed by atoms with Gasteiger partial charge in [0.1, 0.15) is 11.5 Å². The first kappa shape index (κ1) is 21.5. The molecule has 1 saturated carbocycles. The standard InChI is InChI=1S/C23H25ClN6O3/c24-16-4-1-3-15(11-16)20-12-17(28-33-20)13-26-23(32)30(18-6-7-18)19-5-2-10-29(14-19)21-8-9-25-22(31)27-21/h1,3-4,8-9,11-12,18-19H,2,5-7,10,13-14H2,(H,26,32)(H,25,27,31)/t19-/m1/s1. The summed E-state index contributed by atoms with van der Waals surface area (Å²) in [5.74, 6) is 1.35. The second kappa shape index (κ2) is 9.27. The van der Waals surface area contributed by atoms with Crippen LogP contribution >= 0.6 is 11.6 Å². The number of urea groups is 1. The zero-order valence-electron chi connectivity index (χ0n) is 18.0. The molecule has 1 aliphatic heterocycles. The number of benzene rings is 1. The van der Waals surface area contributed by atoms with Crippen LogP contribution in [-0.2, 0) is 6.54 Å². The number of anilines is 1. The van der Waals surface area contributed by atoms with Gasteiger partial charge in [-0.3, -0.25) is 4.98 Å². The summed E-state index contributed by atoms with van der Waals surface area (Å²) in [6.45, 7) is 1.79. The number of nitrogens with zero attached hydrogens (tertiary/aromatic N) is 4. The minimum Gasteiger partial charge on any atom is -0.356 e. The maximum absolute atomic E-state index is 13.2. The van der Waals surface area contributed by atoms with E-state index in [2.05, 4.69) is 25.3 Å². The molecule has 1 aromatic carbocycles. The van der Waals surface area contributed by atoms with Gasteiger partial charge in [-0.2, -0.15) is 0 Å². The van der Waals surface area contributed by atoms with Crippen molar-refractivity contribution < 1.29 is 9.32 Å². The van der Waals surface area contributed by atoms with Crippen molar-refractivity contribution in [3.63, 3.8) is 0 Å². The van der Waals surface area contributed by atoms with E-state index in [1.165, 1.54) is 6.20 Å². The van der Waals surface area contributed by atoms with Crippen molar-refractivity contribution in [1.82, 2.24) is 25.3 Å². The van der Waals surface area contributed by atoms with Crippen molar-refractivity contribution in [3.8, 4) is 11.3 Å². The van der Waals surface area contributed by atoms with Gasteiger partial charge < -0.3 is 19.6 Å². The highest BCUT2D eigenvalue weighted by Gasteiger charge is 2.39. The molecule has 0 spiro atoms. The van der Waals surface area contributed by atoms with E-state index in [1.807, 2.05) is 29.2 Å². The number of carbonyl (C=O) groups is 1. The Morgan fingerprint density at radius 3 is 2.91 bits per heavy atom. The van der Waals surface area contributed by atoms with Crippen LogP contribution in [0, 0.1) is 0 Å². The molecular weight excluding hydrogens is 444 g/mol. The molecule has 1 atom stereocenters. The Hall–Kier alpha value is -3.33. The third-order valence-corrected chi connectivity index (χ3v) is 6.29. The smallest absolute Gasteiger partial charge is 0.346 e. The number of aromatic amines is 1. The van der Waals surface area contributed by atoms with Gasteiger partial charge in [0.15, 0.2) is 5.76 Å². The van der Waals surface area contributed by atoms with Crippen molar-refractivity contribution in [2.75, 3.05) is 18.0 Å². The predicted octanol–water partition coefficient (Wildman–Crippen LogP) is 3.42. The number of carbonyl (C=O) groups excluding carboxylic acids is 1. The van der Waals surface area contributed by atoms with Crippen molar-refractivity contribution in [2.45, 2.75) is 44.3 Å². The Labute approximate surface area is 195 Å². The molecule has 10 heteroatoms. The SMILES string of the molecule is O=C(NCc1cc(-c2cccc(Cl)c2)on1)N(C1CC1)[C@@H]1CCCN(c2ccnc(=O)[nH]2)C1. The molecule has 33 heavy (non-hydrogen) atoms. The lowest BCUT2D eigenvalue weighted by Gasteiger charge is -2.40. The molecule has 2 amide bonds. The normalized spacial score (nSPS) is 18.2. The first-order valence-corrected chi connectivity index (χ1v) is 11.5. The third-order valence-electron chi connectivity index (χ3n) is 6.05. The molecule has 2 N–H and O–H groups in total. The van der Waals surface area contributed by atoms with Crippen LogP contribution in [0.25, 0.3) is 11.3 Å². The summed E-state index contributed by atoms with van der Waals surface area (Å²) in [5.41, 5.74) is 1.12. The number of amides is 2. The fourth-order valence-corrected chi connectivity index (χ4v) is 4.55. The van der Waals surface area contributed by atoms with Gasteiger partial charge in [0.25, 0.3) is 0 Å². The van der Waals surface area contributed by atoms with Crippen LogP contribution in [0.15, 0.2) is 51.9 Å². The van der Waals surface area contributed by atoms with Crippen LogP contribution in [0.4, 0.5) is 10.6 Å². The fourth-order valence-electron chi connectivity index (χ4n) is 4.36. The lowest BCUT2D eigenvalue weighted by atomic mass is 10.0. The lowest BCUT2D eigenvalue weighted by molar-refractivity contribution is 0.160. The molecule has 1 aliphatic carbocycles. The Morgan fingerprint density at radius 1 is 1.24 bits per heavy atom. The van der Waals surface area contributed by atoms with Crippen molar-refractivity contribution >= 4 is 23.4 Å². The number of hydrogen-bond acceptors (Lipinski definition) is 6. The zero-order chi connectivity index (χ0) is 22.8. The van der Waals surface area contributed by atoms with Gasteiger partial charge in [0.2, 0.25) is 0 Å². The first-order chi connectivity index (χ1) is 16.1. The van der Waals surface area contributed by atoms with Crippen molar-refractivity contribution in [3.05, 3.63) is 63.8 Å². The molecule has 2 aliphatic rings. The Morgan fingerprint density at radius 2 is 2.12 bits per heavy atom. The van der Waals surface area contributed by atoms with E-state index in [0.29, 0.717) is 23.0 Å². The summed E-state index contributed by atoms with van der Waals surface area (Å²) in [6.07, 6.45) is 5.41. The molecule has 0 radical (unpaired) electrons. The molecule has 1 saturated heterocycles. The summed E-state index contributed by atoms with van der Waals surface area (Å²) in [7, 11) is 0. The molecule has 5 rings (SSSR count). The second-order valence-corrected chi connectivity index (χ2v) is 8.93. The largest absolute Gasteiger partial charge is 0.356 e. The van der Waals surface area contributed by atoms with Crippen LogP contribution in [0.2, 0.25) is 5.02 Å². The van der Waals surface area contributed by atoms with Gasteiger partial charge in [-0.05, 0) is 43.9 Å². The molecule has 0 unspecified atom stereocenters.